The van der Waals surface area contributed by atoms with Crippen LogP contribution in [0.4, 0.5) is 0 Å². The van der Waals surface area contributed by atoms with Gasteiger partial charge in [-0.05, 0) is 43.2 Å². The number of hydrogen-bond acceptors (Lipinski definition) is 4. The van der Waals surface area contributed by atoms with Gasteiger partial charge in [0.15, 0.2) is 0 Å². The minimum Gasteiger partial charge on any atom is -0.267 e. The third-order valence-corrected chi connectivity index (χ3v) is 6.68. The first kappa shape index (κ1) is 20.3. The topological polar surface area (TPSA) is 95.6 Å². The van der Waals surface area contributed by atoms with Gasteiger partial charge in [0, 0.05) is 18.7 Å². The minimum absolute atomic E-state index is 0.0551. The van der Waals surface area contributed by atoms with Crippen LogP contribution in [-0.2, 0) is 10.0 Å². The second-order valence-electron chi connectivity index (χ2n) is 6.38. The summed E-state index contributed by atoms with van der Waals surface area (Å²) < 4.78 is 27.0. The van der Waals surface area contributed by atoms with Gasteiger partial charge in [-0.15, -0.1) is 0 Å². The average Bonchev–Trinajstić information content (AvgIpc) is 2.73. The van der Waals surface area contributed by atoms with Gasteiger partial charge < -0.3 is 0 Å². The lowest BCUT2D eigenvalue weighted by Crippen LogP contribution is -2.41. The molecular weight excluding hydrogens is 402 g/mol. The Hall–Kier alpha value is -2.42. The number of nitrogens with zero attached hydrogens (tertiary/aromatic N) is 1. The van der Waals surface area contributed by atoms with Crippen LogP contribution < -0.4 is 10.9 Å². The molecule has 1 heterocycles. The second-order valence-corrected chi connectivity index (χ2v) is 8.73. The highest BCUT2D eigenvalue weighted by Crippen LogP contribution is 2.21. The molecule has 2 aromatic rings. The molecular formula is C19H20ClN3O4S. The Morgan fingerprint density at radius 1 is 0.893 bits per heavy atom. The van der Waals surface area contributed by atoms with Crippen molar-refractivity contribution in [3.63, 3.8) is 0 Å². The Bertz CT molecular complexity index is 988. The number of carbonyl (C=O) groups is 2. The summed E-state index contributed by atoms with van der Waals surface area (Å²) in [7, 11) is -3.65. The Labute approximate surface area is 168 Å². The molecule has 148 valence electrons. The first-order valence-corrected chi connectivity index (χ1v) is 10.7. The van der Waals surface area contributed by atoms with Gasteiger partial charge in [0.05, 0.1) is 15.5 Å². The van der Waals surface area contributed by atoms with Crippen LogP contribution in [0.5, 0.6) is 0 Å². The first-order chi connectivity index (χ1) is 13.4. The lowest BCUT2D eigenvalue weighted by atomic mass is 10.2. The molecule has 2 aromatic carbocycles. The highest BCUT2D eigenvalue weighted by Gasteiger charge is 2.26. The van der Waals surface area contributed by atoms with Gasteiger partial charge in [-0.3, -0.25) is 20.4 Å². The number of piperidine rings is 1. The Morgan fingerprint density at radius 3 is 2.29 bits per heavy atom. The van der Waals surface area contributed by atoms with Crippen LogP contribution >= 0.6 is 11.6 Å². The summed E-state index contributed by atoms with van der Waals surface area (Å²) in [6.07, 6.45) is 2.67. The molecule has 2 N–H and O–H groups in total. The number of nitrogens with one attached hydrogen (secondary N) is 2. The van der Waals surface area contributed by atoms with Crippen LogP contribution in [0.3, 0.4) is 0 Å². The van der Waals surface area contributed by atoms with Crippen LogP contribution in [0.25, 0.3) is 0 Å². The van der Waals surface area contributed by atoms with Crippen LogP contribution in [0.15, 0.2) is 53.4 Å². The zero-order chi connectivity index (χ0) is 20.1. The molecule has 2 amide bonds. The van der Waals surface area contributed by atoms with Crippen molar-refractivity contribution in [3.05, 3.63) is 64.7 Å². The molecule has 0 spiro atoms. The predicted octanol–water partition coefficient (Wildman–Crippen LogP) is 2.59. The quantitative estimate of drug-likeness (QED) is 0.741. The van der Waals surface area contributed by atoms with Gasteiger partial charge in [0.1, 0.15) is 0 Å². The van der Waals surface area contributed by atoms with E-state index in [1.165, 1.54) is 34.6 Å². The summed E-state index contributed by atoms with van der Waals surface area (Å²) in [4.78, 5) is 24.5. The van der Waals surface area contributed by atoms with E-state index in [0.29, 0.717) is 13.1 Å². The lowest BCUT2D eigenvalue weighted by Gasteiger charge is -2.26. The summed E-state index contributed by atoms with van der Waals surface area (Å²) in [5.41, 5.74) is 4.89. The largest absolute Gasteiger partial charge is 0.271 e. The van der Waals surface area contributed by atoms with Crippen molar-refractivity contribution < 1.29 is 18.0 Å². The van der Waals surface area contributed by atoms with Gasteiger partial charge in [-0.25, -0.2) is 8.42 Å². The molecule has 0 unspecified atom stereocenters. The molecule has 1 aliphatic heterocycles. The van der Waals surface area contributed by atoms with Crippen molar-refractivity contribution in [2.75, 3.05) is 13.1 Å². The molecule has 1 aliphatic rings. The molecule has 28 heavy (non-hydrogen) atoms. The smallest absolute Gasteiger partial charge is 0.267 e. The summed E-state index contributed by atoms with van der Waals surface area (Å²) in [6.45, 7) is 0.958. The first-order valence-electron chi connectivity index (χ1n) is 8.85. The number of benzene rings is 2. The monoisotopic (exact) mass is 421 g/mol. The van der Waals surface area contributed by atoms with E-state index in [9.17, 15) is 18.0 Å². The van der Waals surface area contributed by atoms with Gasteiger partial charge in [-0.2, -0.15) is 4.31 Å². The van der Waals surface area contributed by atoms with Crippen LogP contribution in [0.2, 0.25) is 5.02 Å². The molecule has 0 aliphatic carbocycles. The number of rotatable bonds is 4. The van der Waals surface area contributed by atoms with Crippen molar-refractivity contribution in [3.8, 4) is 0 Å². The number of amides is 2. The second kappa shape index (κ2) is 8.72. The standard InChI is InChI=1S/C19H20ClN3O4S/c20-17-10-3-2-9-16(17)19(25)22-21-18(24)14-7-6-8-15(13-14)28(26,27)23-11-4-1-5-12-23/h2-3,6-10,13H,1,4-5,11-12H2,(H,21,24)(H,22,25). The highest BCUT2D eigenvalue weighted by atomic mass is 35.5. The summed E-state index contributed by atoms with van der Waals surface area (Å²) >= 11 is 5.95. The number of sulfonamides is 1. The summed E-state index contributed by atoms with van der Waals surface area (Å²) in [5.74, 6) is -1.20. The molecule has 0 atom stereocenters. The van der Waals surface area contributed by atoms with E-state index in [0.717, 1.165) is 19.3 Å². The van der Waals surface area contributed by atoms with Crippen molar-refractivity contribution in [2.24, 2.45) is 0 Å². The molecule has 0 radical (unpaired) electrons. The van der Waals surface area contributed by atoms with E-state index < -0.39 is 21.8 Å². The van der Waals surface area contributed by atoms with Gasteiger partial charge >= 0.3 is 0 Å². The fourth-order valence-electron chi connectivity index (χ4n) is 2.95. The van der Waals surface area contributed by atoms with Crippen LogP contribution in [0.1, 0.15) is 40.0 Å². The summed E-state index contributed by atoms with van der Waals surface area (Å²) in [6, 6.07) is 12.2. The average molecular weight is 422 g/mol. The van der Waals surface area contributed by atoms with Gasteiger partial charge in [0.2, 0.25) is 10.0 Å². The van der Waals surface area contributed by atoms with E-state index in [-0.39, 0.29) is 21.0 Å². The van der Waals surface area contributed by atoms with E-state index in [1.807, 2.05) is 0 Å². The molecule has 3 rings (SSSR count). The van der Waals surface area contributed by atoms with Gasteiger partial charge in [-0.1, -0.05) is 36.2 Å². The third-order valence-electron chi connectivity index (χ3n) is 4.46. The molecule has 0 aromatic heterocycles. The molecule has 0 bridgehead atoms. The Kier molecular flexibility index (Phi) is 6.33. The minimum atomic E-state index is -3.65. The number of carbonyl (C=O) groups excluding carboxylic acids is 2. The molecule has 1 saturated heterocycles. The van der Waals surface area contributed by atoms with E-state index in [2.05, 4.69) is 10.9 Å². The van der Waals surface area contributed by atoms with Gasteiger partial charge in [0.25, 0.3) is 11.8 Å². The lowest BCUT2D eigenvalue weighted by molar-refractivity contribution is 0.0846. The van der Waals surface area contributed by atoms with E-state index >= 15 is 0 Å². The van der Waals surface area contributed by atoms with Crippen molar-refractivity contribution >= 4 is 33.4 Å². The highest BCUT2D eigenvalue weighted by molar-refractivity contribution is 7.89. The maximum absolute atomic E-state index is 12.8. The Balaban J connectivity index is 1.70. The summed E-state index contributed by atoms with van der Waals surface area (Å²) in [5, 5.41) is 0.254. The van der Waals surface area contributed by atoms with Crippen LogP contribution in [-0.4, -0.2) is 37.6 Å². The molecule has 7 nitrogen and oxygen atoms in total. The SMILES string of the molecule is O=C(NNC(=O)c1ccccc1Cl)c1cccc(S(=O)(=O)N2CCCCC2)c1. The number of hydrazine groups is 1. The normalized spacial score (nSPS) is 15.0. The fraction of sp³-hybridized carbons (Fsp3) is 0.263. The predicted molar refractivity (Wildman–Crippen MR) is 105 cm³/mol. The van der Waals surface area contributed by atoms with E-state index in [1.54, 1.807) is 18.2 Å². The molecule has 9 heteroatoms. The zero-order valence-corrected chi connectivity index (χ0v) is 16.6. The molecule has 1 fully saturated rings. The van der Waals surface area contributed by atoms with E-state index in [4.69, 9.17) is 11.6 Å². The zero-order valence-electron chi connectivity index (χ0n) is 15.0. The fourth-order valence-corrected chi connectivity index (χ4v) is 4.74. The van der Waals surface area contributed by atoms with Crippen LogP contribution in [0, 0.1) is 0 Å². The van der Waals surface area contributed by atoms with Crippen molar-refractivity contribution in [1.82, 2.24) is 15.2 Å². The van der Waals surface area contributed by atoms with Crippen molar-refractivity contribution in [1.29, 1.82) is 0 Å². The number of hydrogen-bond donors (Lipinski definition) is 2. The molecule has 0 saturated carbocycles. The van der Waals surface area contributed by atoms with Crippen molar-refractivity contribution in [2.45, 2.75) is 24.2 Å². The Morgan fingerprint density at radius 2 is 1.57 bits per heavy atom. The third kappa shape index (κ3) is 4.52. The maximum Gasteiger partial charge on any atom is 0.271 e. The maximum atomic E-state index is 12.8. The number of halogens is 1.